The highest BCUT2D eigenvalue weighted by atomic mass is 16.3. The van der Waals surface area contributed by atoms with Gasteiger partial charge in [0.15, 0.2) is 0 Å². The second-order valence-corrected chi connectivity index (χ2v) is 4.32. The average molecular weight is 237 g/mol. The Morgan fingerprint density at radius 3 is 2.47 bits per heavy atom. The molecule has 1 aliphatic rings. The van der Waals surface area contributed by atoms with E-state index >= 15 is 0 Å². The van der Waals surface area contributed by atoms with Crippen LogP contribution in [0.15, 0.2) is 18.2 Å². The Kier molecular flexibility index (Phi) is 3.04. The number of carbonyl (C=O) groups excluding carboxylic acids is 1. The molecule has 0 unspecified atom stereocenters. The van der Waals surface area contributed by atoms with E-state index in [1.165, 1.54) is 11.0 Å². The lowest BCUT2D eigenvalue weighted by atomic mass is 10.1. The molecule has 0 radical (unpaired) electrons. The standard InChI is InChI=1S/C12H15NO4/c1-7-3-2-4-8(11(7)16)12(17)13-5-9(14)10(15)6-13/h2-4,9-10,14-16H,5-6H2,1H3/t9-,10+. The maximum absolute atomic E-state index is 12.1. The first-order valence-electron chi connectivity index (χ1n) is 5.44. The van der Waals surface area contributed by atoms with E-state index in [-0.39, 0.29) is 30.3 Å². The fourth-order valence-electron chi connectivity index (χ4n) is 1.94. The Hall–Kier alpha value is -1.59. The van der Waals surface area contributed by atoms with Gasteiger partial charge in [0.25, 0.3) is 5.91 Å². The summed E-state index contributed by atoms with van der Waals surface area (Å²) in [6.07, 6.45) is -1.82. The van der Waals surface area contributed by atoms with Crippen molar-refractivity contribution < 1.29 is 20.1 Å². The number of para-hydroxylation sites is 1. The van der Waals surface area contributed by atoms with Gasteiger partial charge in [0.05, 0.1) is 17.8 Å². The van der Waals surface area contributed by atoms with Gasteiger partial charge in [-0.1, -0.05) is 12.1 Å². The molecule has 0 saturated carbocycles. The number of aliphatic hydroxyl groups is 2. The molecule has 1 amide bonds. The number of carbonyl (C=O) groups is 1. The predicted molar refractivity (Wildman–Crippen MR) is 60.8 cm³/mol. The lowest BCUT2D eigenvalue weighted by Crippen LogP contribution is -2.29. The van der Waals surface area contributed by atoms with E-state index in [1.54, 1.807) is 19.1 Å². The van der Waals surface area contributed by atoms with Gasteiger partial charge in [-0.3, -0.25) is 4.79 Å². The molecule has 2 atom stereocenters. The van der Waals surface area contributed by atoms with Gasteiger partial charge in [0.1, 0.15) is 5.75 Å². The third kappa shape index (κ3) is 2.11. The summed E-state index contributed by atoms with van der Waals surface area (Å²) in [5.41, 5.74) is 0.822. The Balaban J connectivity index is 2.24. The van der Waals surface area contributed by atoms with E-state index < -0.39 is 12.2 Å². The molecule has 1 aromatic carbocycles. The Labute approximate surface area is 98.9 Å². The molecule has 3 N–H and O–H groups in total. The smallest absolute Gasteiger partial charge is 0.257 e. The van der Waals surface area contributed by atoms with Gasteiger partial charge < -0.3 is 20.2 Å². The van der Waals surface area contributed by atoms with Gasteiger partial charge in [-0.25, -0.2) is 0 Å². The zero-order valence-corrected chi connectivity index (χ0v) is 9.50. The molecule has 1 aromatic rings. The van der Waals surface area contributed by atoms with Crippen LogP contribution in [0.25, 0.3) is 0 Å². The second kappa shape index (κ2) is 4.35. The van der Waals surface area contributed by atoms with Crippen LogP contribution < -0.4 is 0 Å². The fourth-order valence-corrected chi connectivity index (χ4v) is 1.94. The van der Waals surface area contributed by atoms with Gasteiger partial charge in [0, 0.05) is 13.1 Å². The van der Waals surface area contributed by atoms with Crippen molar-refractivity contribution in [2.45, 2.75) is 19.1 Å². The molecule has 5 nitrogen and oxygen atoms in total. The minimum atomic E-state index is -0.911. The molecule has 1 saturated heterocycles. The summed E-state index contributed by atoms with van der Waals surface area (Å²) in [4.78, 5) is 13.4. The third-order valence-corrected chi connectivity index (χ3v) is 3.01. The summed E-state index contributed by atoms with van der Waals surface area (Å²) in [6, 6.07) is 4.92. The van der Waals surface area contributed by atoms with Crippen LogP contribution in [0.4, 0.5) is 0 Å². The van der Waals surface area contributed by atoms with Crippen LogP contribution in [0.2, 0.25) is 0 Å². The summed E-state index contributed by atoms with van der Waals surface area (Å²) in [6.45, 7) is 1.89. The molecule has 0 bridgehead atoms. The van der Waals surface area contributed by atoms with Crippen LogP contribution >= 0.6 is 0 Å². The Morgan fingerprint density at radius 2 is 1.88 bits per heavy atom. The molecule has 5 heteroatoms. The molecule has 1 aliphatic heterocycles. The molecule has 92 valence electrons. The summed E-state index contributed by atoms with van der Waals surface area (Å²) >= 11 is 0. The monoisotopic (exact) mass is 237 g/mol. The molecule has 0 spiro atoms. The maximum atomic E-state index is 12.1. The zero-order chi connectivity index (χ0) is 12.6. The number of phenolic OH excluding ortho intramolecular Hbond substituents is 1. The van der Waals surface area contributed by atoms with E-state index in [4.69, 9.17) is 0 Å². The molecule has 1 fully saturated rings. The maximum Gasteiger partial charge on any atom is 0.257 e. The van der Waals surface area contributed by atoms with Gasteiger partial charge in [0.2, 0.25) is 0 Å². The summed E-state index contributed by atoms with van der Waals surface area (Å²) in [5, 5.41) is 28.6. The van der Waals surface area contributed by atoms with Crippen molar-refractivity contribution in [3.8, 4) is 5.75 Å². The van der Waals surface area contributed by atoms with Crippen molar-refractivity contribution in [1.29, 1.82) is 0 Å². The number of benzene rings is 1. The van der Waals surface area contributed by atoms with Crippen LogP contribution in [0, 0.1) is 6.92 Å². The zero-order valence-electron chi connectivity index (χ0n) is 9.50. The van der Waals surface area contributed by atoms with E-state index in [0.29, 0.717) is 5.56 Å². The van der Waals surface area contributed by atoms with Gasteiger partial charge in [-0.2, -0.15) is 0 Å². The highest BCUT2D eigenvalue weighted by Crippen LogP contribution is 2.24. The van der Waals surface area contributed by atoms with E-state index in [2.05, 4.69) is 0 Å². The van der Waals surface area contributed by atoms with Crippen LogP contribution in [0.5, 0.6) is 5.75 Å². The van der Waals surface area contributed by atoms with Crippen molar-refractivity contribution >= 4 is 5.91 Å². The predicted octanol–water partition coefficient (Wildman–Crippen LogP) is -0.122. The van der Waals surface area contributed by atoms with Crippen molar-refractivity contribution in [3.63, 3.8) is 0 Å². The number of aliphatic hydroxyl groups excluding tert-OH is 2. The lowest BCUT2D eigenvalue weighted by molar-refractivity contribution is 0.0572. The van der Waals surface area contributed by atoms with Crippen molar-refractivity contribution in [2.24, 2.45) is 0 Å². The number of likely N-dealkylation sites (tertiary alicyclic amines) is 1. The number of rotatable bonds is 1. The number of aromatic hydroxyl groups is 1. The minimum Gasteiger partial charge on any atom is -0.507 e. The normalized spacial score (nSPS) is 24.1. The summed E-state index contributed by atoms with van der Waals surface area (Å²) in [5.74, 6) is -0.421. The SMILES string of the molecule is Cc1cccc(C(=O)N2C[C@@H](O)[C@@H](O)C2)c1O. The van der Waals surface area contributed by atoms with Crippen LogP contribution in [0.1, 0.15) is 15.9 Å². The van der Waals surface area contributed by atoms with E-state index in [0.717, 1.165) is 0 Å². The molecular formula is C12H15NO4. The Bertz CT molecular complexity index is 436. The largest absolute Gasteiger partial charge is 0.507 e. The Morgan fingerprint density at radius 1 is 1.29 bits per heavy atom. The first-order valence-corrected chi connectivity index (χ1v) is 5.44. The number of hydrogen-bond acceptors (Lipinski definition) is 4. The second-order valence-electron chi connectivity index (χ2n) is 4.32. The molecule has 2 rings (SSSR count). The molecule has 17 heavy (non-hydrogen) atoms. The molecular weight excluding hydrogens is 222 g/mol. The van der Waals surface area contributed by atoms with Gasteiger partial charge >= 0.3 is 0 Å². The fraction of sp³-hybridized carbons (Fsp3) is 0.417. The number of hydrogen-bond donors (Lipinski definition) is 3. The van der Waals surface area contributed by atoms with Crippen LogP contribution in [-0.2, 0) is 0 Å². The van der Waals surface area contributed by atoms with Gasteiger partial charge in [-0.15, -0.1) is 0 Å². The number of phenols is 1. The number of amides is 1. The average Bonchev–Trinajstić information content (AvgIpc) is 2.62. The first kappa shape index (κ1) is 11.9. The quantitative estimate of drug-likeness (QED) is 0.636. The number of β-amino-alcohol motifs (C(OH)–C–C–N with tert-alkyl or cyclic N) is 2. The van der Waals surface area contributed by atoms with Crippen molar-refractivity contribution in [1.82, 2.24) is 4.90 Å². The summed E-state index contributed by atoms with van der Waals surface area (Å²) < 4.78 is 0. The third-order valence-electron chi connectivity index (χ3n) is 3.01. The molecule has 0 aliphatic carbocycles. The highest BCUT2D eigenvalue weighted by molar-refractivity contribution is 5.97. The molecule has 1 heterocycles. The van der Waals surface area contributed by atoms with E-state index in [9.17, 15) is 20.1 Å². The van der Waals surface area contributed by atoms with Crippen molar-refractivity contribution in [3.05, 3.63) is 29.3 Å². The van der Waals surface area contributed by atoms with Crippen molar-refractivity contribution in [2.75, 3.05) is 13.1 Å². The van der Waals surface area contributed by atoms with E-state index in [1.807, 2.05) is 0 Å². The minimum absolute atomic E-state index is 0.0478. The van der Waals surface area contributed by atoms with Gasteiger partial charge in [-0.05, 0) is 18.6 Å². The summed E-state index contributed by atoms with van der Waals surface area (Å²) in [7, 11) is 0. The number of nitrogens with zero attached hydrogens (tertiary/aromatic N) is 1. The molecule has 0 aromatic heterocycles. The highest BCUT2D eigenvalue weighted by Gasteiger charge is 2.33. The lowest BCUT2D eigenvalue weighted by Gasteiger charge is -2.16. The van der Waals surface area contributed by atoms with Crippen LogP contribution in [0.3, 0.4) is 0 Å². The number of aryl methyl sites for hydroxylation is 1. The topological polar surface area (TPSA) is 81.0 Å². The first-order chi connectivity index (χ1) is 8.00. The van der Waals surface area contributed by atoms with Crippen LogP contribution in [-0.4, -0.2) is 51.4 Å².